The minimum Gasteiger partial charge on any atom is -0.496 e. The Hall–Kier alpha value is -4.20. The fourth-order valence-electron chi connectivity index (χ4n) is 4.03. The molecule has 1 N–H and O–H groups in total. The second-order valence-electron chi connectivity index (χ2n) is 8.11. The molecule has 35 heavy (non-hydrogen) atoms. The Kier molecular flexibility index (Phi) is 7.10. The Bertz CT molecular complexity index is 1240. The zero-order valence-corrected chi connectivity index (χ0v) is 20.2. The number of carbonyl (C=O) groups excluding carboxylic acids is 2. The average Bonchev–Trinajstić information content (AvgIpc) is 2.99. The van der Waals surface area contributed by atoms with Crippen molar-refractivity contribution in [1.82, 2.24) is 4.90 Å². The van der Waals surface area contributed by atoms with E-state index >= 15 is 0 Å². The summed E-state index contributed by atoms with van der Waals surface area (Å²) in [6.07, 6.45) is -0.641. The lowest BCUT2D eigenvalue weighted by Gasteiger charge is -2.23. The molecule has 0 bridgehead atoms. The fourth-order valence-corrected chi connectivity index (χ4v) is 4.03. The van der Waals surface area contributed by atoms with E-state index < -0.39 is 6.10 Å². The molecule has 8 heteroatoms. The number of amides is 2. The van der Waals surface area contributed by atoms with Gasteiger partial charge >= 0.3 is 0 Å². The molecule has 182 valence electrons. The van der Waals surface area contributed by atoms with Crippen molar-refractivity contribution in [3.8, 4) is 23.0 Å². The maximum absolute atomic E-state index is 13.0. The predicted molar refractivity (Wildman–Crippen MR) is 131 cm³/mol. The van der Waals surface area contributed by atoms with Crippen LogP contribution in [0.15, 0.2) is 60.7 Å². The monoisotopic (exact) mass is 476 g/mol. The molecule has 2 amide bonds. The third-order valence-electron chi connectivity index (χ3n) is 5.84. The van der Waals surface area contributed by atoms with Crippen LogP contribution < -0.4 is 24.3 Å². The molecule has 0 saturated heterocycles. The lowest BCUT2D eigenvalue weighted by atomic mass is 10.1. The van der Waals surface area contributed by atoms with Crippen molar-refractivity contribution < 1.29 is 28.5 Å². The van der Waals surface area contributed by atoms with Gasteiger partial charge in [-0.3, -0.25) is 9.59 Å². The van der Waals surface area contributed by atoms with Crippen molar-refractivity contribution in [3.63, 3.8) is 0 Å². The van der Waals surface area contributed by atoms with Gasteiger partial charge in [0.25, 0.3) is 11.8 Å². The molecule has 0 radical (unpaired) electrons. The first kappa shape index (κ1) is 23.9. The number of para-hydroxylation sites is 1. The van der Waals surface area contributed by atoms with Gasteiger partial charge in [0.15, 0.2) is 17.6 Å². The first-order chi connectivity index (χ1) is 16.9. The molecule has 1 atom stereocenters. The predicted octanol–water partition coefficient (Wildman–Crippen LogP) is 4.27. The first-order valence-corrected chi connectivity index (χ1v) is 11.2. The van der Waals surface area contributed by atoms with Crippen LogP contribution in [0.3, 0.4) is 0 Å². The van der Waals surface area contributed by atoms with Crippen molar-refractivity contribution in [3.05, 3.63) is 77.4 Å². The van der Waals surface area contributed by atoms with E-state index in [1.807, 2.05) is 30.3 Å². The maximum Gasteiger partial charge on any atom is 0.263 e. The molecule has 1 aliphatic rings. The summed E-state index contributed by atoms with van der Waals surface area (Å²) in [5, 5.41) is 2.91. The molecule has 3 aromatic rings. The van der Waals surface area contributed by atoms with Crippen LogP contribution in [0.25, 0.3) is 0 Å². The number of hydrogen-bond acceptors (Lipinski definition) is 6. The van der Waals surface area contributed by atoms with Gasteiger partial charge in [-0.15, -0.1) is 0 Å². The normalized spacial score (nSPS) is 14.9. The van der Waals surface area contributed by atoms with Crippen LogP contribution in [-0.2, 0) is 17.9 Å². The highest BCUT2D eigenvalue weighted by atomic mass is 16.5. The molecular formula is C27H28N2O6. The highest BCUT2D eigenvalue weighted by Crippen LogP contribution is 2.31. The zero-order valence-electron chi connectivity index (χ0n) is 20.2. The topological polar surface area (TPSA) is 86.3 Å². The summed E-state index contributed by atoms with van der Waals surface area (Å²) >= 11 is 0. The quantitative estimate of drug-likeness (QED) is 0.548. The largest absolute Gasteiger partial charge is 0.496 e. The Labute approximate surface area is 204 Å². The minimum absolute atomic E-state index is 0.122. The van der Waals surface area contributed by atoms with Gasteiger partial charge in [0.2, 0.25) is 0 Å². The third-order valence-corrected chi connectivity index (χ3v) is 5.84. The number of carbonyl (C=O) groups is 2. The second kappa shape index (κ2) is 10.4. The fraction of sp³-hybridized carbons (Fsp3) is 0.259. The van der Waals surface area contributed by atoms with E-state index in [0.717, 1.165) is 11.1 Å². The van der Waals surface area contributed by atoms with Crippen LogP contribution in [0.4, 0.5) is 5.69 Å². The molecular weight excluding hydrogens is 448 g/mol. The van der Waals surface area contributed by atoms with Gasteiger partial charge in [-0.05, 0) is 49.4 Å². The Morgan fingerprint density at radius 3 is 2.46 bits per heavy atom. The molecule has 0 saturated carbocycles. The number of nitrogens with one attached hydrogen (secondary N) is 1. The van der Waals surface area contributed by atoms with Crippen molar-refractivity contribution in [2.45, 2.75) is 26.1 Å². The van der Waals surface area contributed by atoms with Crippen LogP contribution >= 0.6 is 0 Å². The average molecular weight is 477 g/mol. The Morgan fingerprint density at radius 2 is 1.71 bits per heavy atom. The van der Waals surface area contributed by atoms with E-state index in [4.69, 9.17) is 18.9 Å². The van der Waals surface area contributed by atoms with Crippen LogP contribution in [0.1, 0.15) is 28.4 Å². The van der Waals surface area contributed by atoms with Gasteiger partial charge in [-0.25, -0.2) is 0 Å². The molecule has 0 aromatic heterocycles. The molecule has 0 fully saturated rings. The third kappa shape index (κ3) is 5.16. The van der Waals surface area contributed by atoms with E-state index in [-0.39, 0.29) is 11.8 Å². The summed E-state index contributed by atoms with van der Waals surface area (Å²) in [6, 6.07) is 17.9. The van der Waals surface area contributed by atoms with Crippen LogP contribution in [0, 0.1) is 0 Å². The van der Waals surface area contributed by atoms with E-state index in [2.05, 4.69) is 5.32 Å². The molecule has 8 nitrogen and oxygen atoms in total. The van der Waals surface area contributed by atoms with Crippen molar-refractivity contribution in [1.29, 1.82) is 0 Å². The molecule has 4 rings (SSSR count). The van der Waals surface area contributed by atoms with Gasteiger partial charge < -0.3 is 29.2 Å². The molecule has 0 unspecified atom stereocenters. The number of methoxy groups -OCH3 is 3. The minimum atomic E-state index is -0.641. The summed E-state index contributed by atoms with van der Waals surface area (Å²) in [5.41, 5.74) is 2.71. The van der Waals surface area contributed by atoms with E-state index in [1.165, 1.54) is 14.2 Å². The molecule has 0 spiro atoms. The van der Waals surface area contributed by atoms with Crippen molar-refractivity contribution in [2.75, 3.05) is 26.6 Å². The standard InChI is InChI=1S/C27H28N2O6/c1-17-27(31)29(15-19-7-5-6-8-22(19)32-2)16-20-13-21(10-12-23(20)35-17)28-26(30)18-9-11-24(33-3)25(14-18)34-4/h5-14,17H,15-16H2,1-4H3,(H,28,30)/t17-/m1/s1. The summed E-state index contributed by atoms with van der Waals surface area (Å²) in [5.74, 6) is 1.92. The lowest BCUT2D eigenvalue weighted by molar-refractivity contribution is -0.138. The second-order valence-corrected chi connectivity index (χ2v) is 8.11. The van der Waals surface area contributed by atoms with Gasteiger partial charge in [-0.2, -0.15) is 0 Å². The smallest absolute Gasteiger partial charge is 0.263 e. The Morgan fingerprint density at radius 1 is 0.971 bits per heavy atom. The number of ether oxygens (including phenoxy) is 4. The molecule has 1 aliphatic heterocycles. The van der Waals surface area contributed by atoms with Gasteiger partial charge in [0.05, 0.1) is 21.3 Å². The molecule has 0 aliphatic carbocycles. The van der Waals surface area contributed by atoms with Crippen molar-refractivity contribution in [2.24, 2.45) is 0 Å². The number of rotatable bonds is 7. The van der Waals surface area contributed by atoms with Crippen LogP contribution in [0.5, 0.6) is 23.0 Å². The summed E-state index contributed by atoms with van der Waals surface area (Å²) in [7, 11) is 4.67. The van der Waals surface area contributed by atoms with E-state index in [1.54, 1.807) is 49.3 Å². The van der Waals surface area contributed by atoms with Crippen molar-refractivity contribution >= 4 is 17.5 Å². The first-order valence-electron chi connectivity index (χ1n) is 11.2. The molecule has 3 aromatic carbocycles. The number of fused-ring (bicyclic) bond motifs is 1. The summed E-state index contributed by atoms with van der Waals surface area (Å²) in [4.78, 5) is 27.7. The lowest BCUT2D eigenvalue weighted by Crippen LogP contribution is -2.37. The van der Waals surface area contributed by atoms with Crippen LogP contribution in [-0.4, -0.2) is 44.1 Å². The van der Waals surface area contributed by atoms with Gasteiger partial charge in [-0.1, -0.05) is 18.2 Å². The van der Waals surface area contributed by atoms with E-state index in [0.29, 0.717) is 47.3 Å². The highest BCUT2D eigenvalue weighted by Gasteiger charge is 2.28. The van der Waals surface area contributed by atoms with Gasteiger partial charge in [0.1, 0.15) is 11.5 Å². The number of anilines is 1. The number of nitrogens with zero attached hydrogens (tertiary/aromatic N) is 1. The Balaban J connectivity index is 1.57. The maximum atomic E-state index is 13.0. The number of hydrogen-bond donors (Lipinski definition) is 1. The highest BCUT2D eigenvalue weighted by molar-refractivity contribution is 6.04. The number of benzene rings is 3. The molecule has 1 heterocycles. The van der Waals surface area contributed by atoms with E-state index in [9.17, 15) is 9.59 Å². The summed E-state index contributed by atoms with van der Waals surface area (Å²) in [6.45, 7) is 2.44. The van der Waals surface area contributed by atoms with Crippen LogP contribution in [0.2, 0.25) is 0 Å². The van der Waals surface area contributed by atoms with Gasteiger partial charge in [0, 0.05) is 35.5 Å². The SMILES string of the molecule is COc1ccccc1CN1Cc2cc(NC(=O)c3ccc(OC)c(OC)c3)ccc2O[C@H](C)C1=O. The summed E-state index contributed by atoms with van der Waals surface area (Å²) < 4.78 is 21.9. The zero-order chi connectivity index (χ0) is 24.9.